The first-order valence-corrected chi connectivity index (χ1v) is 8.40. The van der Waals surface area contributed by atoms with E-state index in [1.807, 2.05) is 0 Å². The lowest BCUT2D eigenvalue weighted by Gasteiger charge is -2.24. The zero-order valence-electron chi connectivity index (χ0n) is 13.6. The molecule has 2 saturated heterocycles. The normalized spacial score (nSPS) is 27.6. The highest BCUT2D eigenvalue weighted by atomic mass is 35.5. The van der Waals surface area contributed by atoms with Crippen LogP contribution in [0, 0.1) is 17.3 Å². The molecule has 6 heteroatoms. The monoisotopic (exact) mass is 351 g/mol. The van der Waals surface area contributed by atoms with E-state index in [1.54, 1.807) is 0 Å². The minimum absolute atomic E-state index is 0. The summed E-state index contributed by atoms with van der Waals surface area (Å²) in [5, 5.41) is 6.60. The SMILES string of the molecule is CC(CNC(=O)C1CC12CCNCC2)CN1CCCC1.Cl.Cl. The molecule has 2 atom stereocenters. The van der Waals surface area contributed by atoms with Gasteiger partial charge in [-0.3, -0.25) is 4.79 Å². The molecule has 3 rings (SSSR count). The van der Waals surface area contributed by atoms with Crippen molar-refractivity contribution in [1.82, 2.24) is 15.5 Å². The number of nitrogens with zero attached hydrogens (tertiary/aromatic N) is 1. The predicted molar refractivity (Wildman–Crippen MR) is 95.0 cm³/mol. The van der Waals surface area contributed by atoms with Crippen LogP contribution in [-0.2, 0) is 4.79 Å². The lowest BCUT2D eigenvalue weighted by molar-refractivity contribution is -0.123. The Morgan fingerprint density at radius 3 is 2.55 bits per heavy atom. The summed E-state index contributed by atoms with van der Waals surface area (Å²) in [4.78, 5) is 14.8. The number of amides is 1. The minimum atomic E-state index is 0. The second-order valence-corrected chi connectivity index (χ2v) is 7.23. The minimum Gasteiger partial charge on any atom is -0.356 e. The molecule has 22 heavy (non-hydrogen) atoms. The lowest BCUT2D eigenvalue weighted by Crippen LogP contribution is -2.37. The molecule has 2 unspecified atom stereocenters. The van der Waals surface area contributed by atoms with Crippen LogP contribution in [0.25, 0.3) is 0 Å². The zero-order chi connectivity index (χ0) is 14.0. The van der Waals surface area contributed by atoms with Gasteiger partial charge in [0.15, 0.2) is 0 Å². The van der Waals surface area contributed by atoms with E-state index in [-0.39, 0.29) is 24.8 Å². The van der Waals surface area contributed by atoms with Crippen molar-refractivity contribution in [1.29, 1.82) is 0 Å². The quantitative estimate of drug-likeness (QED) is 0.796. The largest absolute Gasteiger partial charge is 0.356 e. The molecule has 0 radical (unpaired) electrons. The van der Waals surface area contributed by atoms with E-state index in [1.165, 1.54) is 38.8 Å². The highest BCUT2D eigenvalue weighted by molar-refractivity contribution is 5.85. The summed E-state index contributed by atoms with van der Waals surface area (Å²) in [6.45, 7) is 8.92. The number of carbonyl (C=O) groups is 1. The summed E-state index contributed by atoms with van der Waals surface area (Å²) < 4.78 is 0. The second kappa shape index (κ2) is 8.72. The topological polar surface area (TPSA) is 44.4 Å². The van der Waals surface area contributed by atoms with E-state index >= 15 is 0 Å². The Morgan fingerprint density at radius 2 is 1.91 bits per heavy atom. The summed E-state index contributed by atoms with van der Waals surface area (Å²) in [6, 6.07) is 0. The number of piperidine rings is 1. The third-order valence-corrected chi connectivity index (χ3v) is 5.50. The number of halogens is 2. The van der Waals surface area contributed by atoms with Gasteiger partial charge in [-0.2, -0.15) is 0 Å². The molecule has 2 aliphatic heterocycles. The number of hydrogen-bond acceptors (Lipinski definition) is 3. The van der Waals surface area contributed by atoms with E-state index in [4.69, 9.17) is 0 Å². The van der Waals surface area contributed by atoms with Crippen LogP contribution in [-0.4, -0.2) is 50.1 Å². The average molecular weight is 352 g/mol. The molecular weight excluding hydrogens is 321 g/mol. The Bertz CT molecular complexity index is 355. The van der Waals surface area contributed by atoms with E-state index < -0.39 is 0 Å². The first-order valence-electron chi connectivity index (χ1n) is 8.40. The fourth-order valence-corrected chi connectivity index (χ4v) is 4.06. The predicted octanol–water partition coefficient (Wildman–Crippen LogP) is 2.07. The van der Waals surface area contributed by atoms with E-state index in [0.717, 1.165) is 32.6 Å². The Labute approximate surface area is 147 Å². The third-order valence-electron chi connectivity index (χ3n) is 5.50. The average Bonchev–Trinajstić information content (AvgIpc) is 2.90. The Balaban J connectivity index is 0.00000121. The molecule has 2 N–H and O–H groups in total. The van der Waals surface area contributed by atoms with Crippen LogP contribution in [0.15, 0.2) is 0 Å². The molecule has 0 aromatic heterocycles. The van der Waals surface area contributed by atoms with Crippen molar-refractivity contribution in [2.45, 2.75) is 39.0 Å². The summed E-state index contributed by atoms with van der Waals surface area (Å²) in [5.41, 5.74) is 0.369. The Hall–Kier alpha value is -0.0300. The third kappa shape index (κ3) is 4.73. The number of hydrogen-bond donors (Lipinski definition) is 2. The van der Waals surface area contributed by atoms with Gasteiger partial charge in [0.2, 0.25) is 5.91 Å². The van der Waals surface area contributed by atoms with E-state index in [2.05, 4.69) is 22.5 Å². The smallest absolute Gasteiger partial charge is 0.223 e. The van der Waals surface area contributed by atoms with Crippen molar-refractivity contribution < 1.29 is 4.79 Å². The molecule has 1 saturated carbocycles. The van der Waals surface area contributed by atoms with E-state index in [9.17, 15) is 4.79 Å². The first-order chi connectivity index (χ1) is 9.70. The summed E-state index contributed by atoms with van der Waals surface area (Å²) >= 11 is 0. The highest BCUT2D eigenvalue weighted by Gasteiger charge is 2.57. The zero-order valence-corrected chi connectivity index (χ0v) is 15.2. The van der Waals surface area contributed by atoms with Crippen LogP contribution < -0.4 is 10.6 Å². The van der Waals surface area contributed by atoms with Gasteiger partial charge in [-0.15, -0.1) is 24.8 Å². The standard InChI is InChI=1S/C16H29N3O.2ClH/c1-13(12-19-8-2-3-9-19)11-18-15(20)14-10-16(14)4-6-17-7-5-16;;/h13-14,17H,2-12H2,1H3,(H,18,20);2*1H. The molecule has 3 aliphatic rings. The van der Waals surface area contributed by atoms with Gasteiger partial charge in [0.05, 0.1) is 0 Å². The molecule has 1 spiro atoms. The number of rotatable bonds is 5. The van der Waals surface area contributed by atoms with Crippen LogP contribution in [0.5, 0.6) is 0 Å². The van der Waals surface area contributed by atoms with Gasteiger partial charge in [-0.1, -0.05) is 6.92 Å². The van der Waals surface area contributed by atoms with Gasteiger partial charge >= 0.3 is 0 Å². The van der Waals surface area contributed by atoms with Crippen LogP contribution in [0.1, 0.15) is 39.0 Å². The molecule has 0 aromatic rings. The summed E-state index contributed by atoms with van der Waals surface area (Å²) in [6.07, 6.45) is 6.19. The maximum Gasteiger partial charge on any atom is 0.223 e. The lowest BCUT2D eigenvalue weighted by atomic mass is 9.92. The number of likely N-dealkylation sites (tertiary alicyclic amines) is 1. The van der Waals surface area contributed by atoms with Crippen molar-refractivity contribution in [2.75, 3.05) is 39.3 Å². The highest BCUT2D eigenvalue weighted by Crippen LogP contribution is 2.58. The number of carbonyl (C=O) groups excluding carboxylic acids is 1. The van der Waals surface area contributed by atoms with Gasteiger partial charge in [0, 0.05) is 19.0 Å². The molecule has 0 aromatic carbocycles. The second-order valence-electron chi connectivity index (χ2n) is 7.23. The molecule has 4 nitrogen and oxygen atoms in total. The molecule has 130 valence electrons. The molecule has 0 bridgehead atoms. The van der Waals surface area contributed by atoms with E-state index in [0.29, 0.717) is 23.2 Å². The fraction of sp³-hybridized carbons (Fsp3) is 0.938. The summed E-state index contributed by atoms with van der Waals surface area (Å²) in [5.74, 6) is 1.20. The fourth-order valence-electron chi connectivity index (χ4n) is 4.06. The van der Waals surface area contributed by atoms with Crippen molar-refractivity contribution in [2.24, 2.45) is 17.3 Å². The number of nitrogens with one attached hydrogen (secondary N) is 2. The van der Waals surface area contributed by atoms with Crippen molar-refractivity contribution in [3.05, 3.63) is 0 Å². The first kappa shape index (κ1) is 20.0. The van der Waals surface area contributed by atoms with Crippen LogP contribution in [0.4, 0.5) is 0 Å². The van der Waals surface area contributed by atoms with Gasteiger partial charge in [0.1, 0.15) is 0 Å². The molecule has 2 heterocycles. The van der Waals surface area contributed by atoms with Crippen LogP contribution in [0.2, 0.25) is 0 Å². The Kier molecular flexibility index (Phi) is 7.93. The van der Waals surface area contributed by atoms with Crippen molar-refractivity contribution in [3.8, 4) is 0 Å². The maximum atomic E-state index is 12.3. The summed E-state index contributed by atoms with van der Waals surface area (Å²) in [7, 11) is 0. The van der Waals surface area contributed by atoms with Crippen molar-refractivity contribution >= 4 is 30.7 Å². The van der Waals surface area contributed by atoms with Gasteiger partial charge in [-0.05, 0) is 69.6 Å². The van der Waals surface area contributed by atoms with Gasteiger partial charge < -0.3 is 15.5 Å². The molecule has 1 aliphatic carbocycles. The van der Waals surface area contributed by atoms with Crippen LogP contribution >= 0.6 is 24.8 Å². The van der Waals surface area contributed by atoms with Gasteiger partial charge in [0.25, 0.3) is 0 Å². The maximum absolute atomic E-state index is 12.3. The van der Waals surface area contributed by atoms with Crippen LogP contribution in [0.3, 0.4) is 0 Å². The molecule has 1 amide bonds. The van der Waals surface area contributed by atoms with Gasteiger partial charge in [-0.25, -0.2) is 0 Å². The molecular formula is C16H31Cl2N3O. The van der Waals surface area contributed by atoms with Crippen molar-refractivity contribution in [3.63, 3.8) is 0 Å². The Morgan fingerprint density at radius 1 is 1.27 bits per heavy atom. The molecule has 3 fully saturated rings.